The van der Waals surface area contributed by atoms with Crippen LogP contribution in [-0.2, 0) is 32.7 Å². The number of unbranched alkanes of at least 4 members (excludes halogenated alkanes) is 27. The van der Waals surface area contributed by atoms with Gasteiger partial charge in [0.2, 0.25) is 0 Å². The average molecular weight is 815 g/mol. The van der Waals surface area contributed by atoms with Gasteiger partial charge < -0.3 is 18.9 Å². The highest BCUT2D eigenvalue weighted by Gasteiger charge is 2.26. The molecule has 0 bridgehead atoms. The SMILES string of the molecule is CCCCCCCCCCCCC/C=C/C=C/C(=O)O[C@H](COC(=O)CCCCCCCCCCCCCCCCCCC)COP(=O)(O)OCC[N+](C)(C)C. The van der Waals surface area contributed by atoms with Crippen LogP contribution in [0.4, 0.5) is 0 Å². The molecule has 9 nitrogen and oxygen atoms in total. The third kappa shape index (κ3) is 42.1. The first-order valence-corrected chi connectivity index (χ1v) is 24.6. The molecule has 56 heavy (non-hydrogen) atoms. The fraction of sp³-hybridized carbons (Fsp3) is 0.870. The molecule has 0 fully saturated rings. The molecular formula is C46H89NO8P+. The molecule has 0 amide bonds. The minimum absolute atomic E-state index is 0.0182. The van der Waals surface area contributed by atoms with Crippen molar-refractivity contribution in [1.82, 2.24) is 0 Å². The van der Waals surface area contributed by atoms with Gasteiger partial charge in [0.25, 0.3) is 0 Å². The summed E-state index contributed by atoms with van der Waals surface area (Å²) >= 11 is 0. The molecule has 1 unspecified atom stereocenters. The number of phosphoric ester groups is 1. The number of quaternary nitrogens is 1. The number of hydrogen-bond acceptors (Lipinski definition) is 7. The third-order valence-corrected chi connectivity index (χ3v) is 11.1. The molecule has 2 atom stereocenters. The molecule has 0 rings (SSSR count). The Morgan fingerprint density at radius 1 is 0.589 bits per heavy atom. The molecule has 0 aliphatic heterocycles. The lowest BCUT2D eigenvalue weighted by atomic mass is 10.0. The van der Waals surface area contributed by atoms with Gasteiger partial charge in [-0.05, 0) is 19.3 Å². The van der Waals surface area contributed by atoms with Crippen LogP contribution in [0.3, 0.4) is 0 Å². The van der Waals surface area contributed by atoms with E-state index < -0.39 is 26.5 Å². The molecule has 0 aromatic carbocycles. The smallest absolute Gasteiger partial charge is 0.462 e. The Morgan fingerprint density at radius 3 is 1.46 bits per heavy atom. The van der Waals surface area contributed by atoms with Crippen LogP contribution in [0, 0.1) is 0 Å². The molecule has 0 aromatic heterocycles. The Balaban J connectivity index is 4.39. The summed E-state index contributed by atoms with van der Waals surface area (Å²) in [6.45, 7) is 4.32. The maximum atomic E-state index is 12.6. The summed E-state index contributed by atoms with van der Waals surface area (Å²) in [5.41, 5.74) is 0. The van der Waals surface area contributed by atoms with E-state index in [2.05, 4.69) is 13.8 Å². The topological polar surface area (TPSA) is 108 Å². The van der Waals surface area contributed by atoms with E-state index in [-0.39, 0.29) is 25.6 Å². The second kappa shape index (κ2) is 39.0. The van der Waals surface area contributed by atoms with Crippen LogP contribution in [0.5, 0.6) is 0 Å². The van der Waals surface area contributed by atoms with Gasteiger partial charge in [-0.3, -0.25) is 13.8 Å². The molecular weight excluding hydrogens is 725 g/mol. The highest BCUT2D eigenvalue weighted by atomic mass is 31.2. The van der Waals surface area contributed by atoms with Crippen LogP contribution in [0.15, 0.2) is 24.3 Å². The standard InChI is InChI=1S/C46H88NO8P/c1-6-8-10-12-14-16-18-20-22-23-25-26-28-30-32-34-36-38-45(48)52-42-44(43-54-56(50,51)53-41-40-47(3,4)5)55-46(49)39-37-35-33-31-29-27-24-21-19-17-15-13-11-9-7-2/h33,35,37,39,44H,6-32,34,36,38,40-43H2,1-5H3/p+1/b35-33+,39-37+/t44-/m1/s1. The Kier molecular flexibility index (Phi) is 37.9. The number of likely N-dealkylation sites (N-methyl/N-ethyl adjacent to an activating group) is 1. The number of ether oxygens (including phenoxy) is 2. The van der Waals surface area contributed by atoms with Crippen molar-refractivity contribution in [3.8, 4) is 0 Å². The molecule has 10 heteroatoms. The van der Waals surface area contributed by atoms with Gasteiger partial charge in [-0.1, -0.05) is 199 Å². The summed E-state index contributed by atoms with van der Waals surface area (Å²) in [6.07, 6.45) is 42.9. The minimum atomic E-state index is -4.40. The lowest BCUT2D eigenvalue weighted by molar-refractivity contribution is -0.870. The number of rotatable bonds is 42. The summed E-state index contributed by atoms with van der Waals surface area (Å²) in [7, 11) is 1.43. The highest BCUT2D eigenvalue weighted by molar-refractivity contribution is 7.47. The largest absolute Gasteiger partial charge is 0.472 e. The molecule has 0 radical (unpaired) electrons. The number of carbonyl (C=O) groups excluding carboxylic acids is 2. The first-order valence-electron chi connectivity index (χ1n) is 23.1. The van der Waals surface area contributed by atoms with E-state index in [4.69, 9.17) is 18.5 Å². The Bertz CT molecular complexity index is 1010. The number of phosphoric acid groups is 1. The van der Waals surface area contributed by atoms with Crippen LogP contribution in [-0.4, -0.2) is 74.9 Å². The van der Waals surface area contributed by atoms with Gasteiger partial charge in [0.15, 0.2) is 6.10 Å². The predicted octanol–water partition coefficient (Wildman–Crippen LogP) is 13.1. The van der Waals surface area contributed by atoms with Gasteiger partial charge in [-0.15, -0.1) is 0 Å². The lowest BCUT2D eigenvalue weighted by Crippen LogP contribution is -2.37. The average Bonchev–Trinajstić information content (AvgIpc) is 3.15. The summed E-state index contributed by atoms with van der Waals surface area (Å²) in [5.74, 6) is -1.04. The van der Waals surface area contributed by atoms with E-state index >= 15 is 0 Å². The van der Waals surface area contributed by atoms with E-state index in [0.717, 1.165) is 32.1 Å². The first kappa shape index (κ1) is 54.5. The van der Waals surface area contributed by atoms with Crippen molar-refractivity contribution in [2.24, 2.45) is 0 Å². The predicted molar refractivity (Wildman–Crippen MR) is 234 cm³/mol. The molecule has 330 valence electrons. The zero-order valence-corrected chi connectivity index (χ0v) is 38.0. The summed E-state index contributed by atoms with van der Waals surface area (Å²) in [6, 6.07) is 0. The fourth-order valence-electron chi connectivity index (χ4n) is 6.45. The second-order valence-electron chi connectivity index (χ2n) is 16.9. The van der Waals surface area contributed by atoms with Crippen LogP contribution >= 0.6 is 7.82 Å². The van der Waals surface area contributed by atoms with Crippen LogP contribution in [0.1, 0.15) is 206 Å². The Hall–Kier alpha value is -1.51. The van der Waals surface area contributed by atoms with Crippen LogP contribution in [0.2, 0.25) is 0 Å². The molecule has 0 aromatic rings. The van der Waals surface area contributed by atoms with Crippen LogP contribution < -0.4 is 0 Å². The number of carbonyl (C=O) groups is 2. The van der Waals surface area contributed by atoms with Crippen LogP contribution in [0.25, 0.3) is 0 Å². The van der Waals surface area contributed by atoms with Crippen molar-refractivity contribution in [3.63, 3.8) is 0 Å². The van der Waals surface area contributed by atoms with Gasteiger partial charge >= 0.3 is 19.8 Å². The van der Waals surface area contributed by atoms with Crippen molar-refractivity contribution >= 4 is 19.8 Å². The molecule has 0 aliphatic carbocycles. The van der Waals surface area contributed by atoms with E-state index in [0.29, 0.717) is 11.0 Å². The monoisotopic (exact) mass is 815 g/mol. The normalized spacial score (nSPS) is 13.8. The van der Waals surface area contributed by atoms with Crippen molar-refractivity contribution in [1.29, 1.82) is 0 Å². The van der Waals surface area contributed by atoms with Crippen molar-refractivity contribution in [2.45, 2.75) is 213 Å². The lowest BCUT2D eigenvalue weighted by Gasteiger charge is -2.24. The second-order valence-corrected chi connectivity index (χ2v) is 18.3. The van der Waals surface area contributed by atoms with E-state index in [9.17, 15) is 19.0 Å². The molecule has 0 saturated heterocycles. The quantitative estimate of drug-likeness (QED) is 0.0162. The van der Waals surface area contributed by atoms with Crippen molar-refractivity contribution < 1.29 is 42.1 Å². The Morgan fingerprint density at radius 2 is 1.02 bits per heavy atom. The van der Waals surface area contributed by atoms with Gasteiger partial charge in [0, 0.05) is 12.5 Å². The van der Waals surface area contributed by atoms with Crippen molar-refractivity contribution in [2.75, 3.05) is 47.5 Å². The highest BCUT2D eigenvalue weighted by Crippen LogP contribution is 2.43. The Labute approximate surface area is 345 Å². The number of nitrogens with zero attached hydrogens (tertiary/aromatic N) is 1. The number of esters is 2. The molecule has 0 spiro atoms. The molecule has 1 N–H and O–H groups in total. The van der Waals surface area contributed by atoms with E-state index in [1.54, 1.807) is 6.08 Å². The van der Waals surface area contributed by atoms with Gasteiger partial charge in [-0.25, -0.2) is 9.36 Å². The molecule has 0 saturated carbocycles. The summed E-state index contributed by atoms with van der Waals surface area (Å²) in [5, 5.41) is 0. The zero-order chi connectivity index (χ0) is 41.4. The van der Waals surface area contributed by atoms with Crippen molar-refractivity contribution in [3.05, 3.63) is 24.3 Å². The number of allylic oxidation sites excluding steroid dienone is 3. The molecule has 0 aliphatic rings. The van der Waals surface area contributed by atoms with Gasteiger partial charge in [-0.2, -0.15) is 0 Å². The van der Waals surface area contributed by atoms with Gasteiger partial charge in [0.1, 0.15) is 19.8 Å². The maximum absolute atomic E-state index is 12.6. The summed E-state index contributed by atoms with van der Waals surface area (Å²) in [4.78, 5) is 35.3. The number of hydrogen-bond donors (Lipinski definition) is 1. The third-order valence-electron chi connectivity index (χ3n) is 10.1. The zero-order valence-electron chi connectivity index (χ0n) is 37.1. The fourth-order valence-corrected chi connectivity index (χ4v) is 7.19. The first-order chi connectivity index (χ1) is 27.0. The molecule has 0 heterocycles. The van der Waals surface area contributed by atoms with E-state index in [1.165, 1.54) is 160 Å². The minimum Gasteiger partial charge on any atom is -0.462 e. The van der Waals surface area contributed by atoms with E-state index in [1.807, 2.05) is 33.3 Å². The maximum Gasteiger partial charge on any atom is 0.472 e. The van der Waals surface area contributed by atoms with Gasteiger partial charge in [0.05, 0.1) is 27.7 Å². The summed E-state index contributed by atoms with van der Waals surface area (Å²) < 4.78 is 34.1.